The van der Waals surface area contributed by atoms with Crippen molar-refractivity contribution in [1.82, 2.24) is 0 Å². The van der Waals surface area contributed by atoms with Crippen molar-refractivity contribution in [3.63, 3.8) is 0 Å². The number of hydrogen-bond acceptors (Lipinski definition) is 4. The highest BCUT2D eigenvalue weighted by atomic mass is 79.9. The number of benzene rings is 2. The van der Waals surface area contributed by atoms with Gasteiger partial charge in [0.25, 0.3) is 5.91 Å². The van der Waals surface area contributed by atoms with E-state index in [-0.39, 0.29) is 6.61 Å². The molecule has 0 aliphatic rings. The van der Waals surface area contributed by atoms with Crippen molar-refractivity contribution in [3.05, 3.63) is 58.3 Å². The zero-order chi connectivity index (χ0) is 18.4. The SMILES string of the molecule is Cc1ccc(NC(=O)[C@H](C)OC(=O)COc2ccc(F)cc2)c(Br)c1. The molecule has 2 aromatic rings. The van der Waals surface area contributed by atoms with Gasteiger partial charge in [-0.2, -0.15) is 0 Å². The molecule has 0 aliphatic carbocycles. The Balaban J connectivity index is 1.83. The van der Waals surface area contributed by atoms with Gasteiger partial charge in [0, 0.05) is 4.47 Å². The Morgan fingerprint density at radius 3 is 2.52 bits per heavy atom. The molecule has 0 saturated heterocycles. The first kappa shape index (κ1) is 18.9. The molecule has 25 heavy (non-hydrogen) atoms. The lowest BCUT2D eigenvalue weighted by Crippen LogP contribution is -2.31. The second-order valence-electron chi connectivity index (χ2n) is 5.35. The molecule has 1 N–H and O–H groups in total. The first-order chi connectivity index (χ1) is 11.8. The molecule has 132 valence electrons. The summed E-state index contributed by atoms with van der Waals surface area (Å²) >= 11 is 3.36. The summed E-state index contributed by atoms with van der Waals surface area (Å²) in [6.45, 7) is 3.02. The molecule has 1 amide bonds. The van der Waals surface area contributed by atoms with Gasteiger partial charge >= 0.3 is 5.97 Å². The lowest BCUT2D eigenvalue weighted by atomic mass is 10.2. The van der Waals surface area contributed by atoms with Crippen LogP contribution in [0.3, 0.4) is 0 Å². The average Bonchev–Trinajstić information content (AvgIpc) is 2.56. The van der Waals surface area contributed by atoms with E-state index in [2.05, 4.69) is 21.2 Å². The summed E-state index contributed by atoms with van der Waals surface area (Å²) in [6.07, 6.45) is -0.988. The van der Waals surface area contributed by atoms with E-state index in [0.29, 0.717) is 11.4 Å². The van der Waals surface area contributed by atoms with Crippen LogP contribution in [-0.2, 0) is 14.3 Å². The molecule has 0 saturated carbocycles. The van der Waals surface area contributed by atoms with Gasteiger partial charge in [0.2, 0.25) is 0 Å². The number of esters is 1. The Hall–Kier alpha value is -2.41. The zero-order valence-electron chi connectivity index (χ0n) is 13.7. The van der Waals surface area contributed by atoms with Gasteiger partial charge in [0.15, 0.2) is 12.7 Å². The van der Waals surface area contributed by atoms with Crippen LogP contribution in [0.4, 0.5) is 10.1 Å². The molecule has 0 fully saturated rings. The van der Waals surface area contributed by atoms with Crippen molar-refractivity contribution in [3.8, 4) is 5.75 Å². The van der Waals surface area contributed by atoms with E-state index in [1.807, 2.05) is 19.1 Å². The minimum Gasteiger partial charge on any atom is -0.482 e. The molecule has 0 heterocycles. The second-order valence-corrected chi connectivity index (χ2v) is 6.20. The van der Waals surface area contributed by atoms with Gasteiger partial charge in [0.05, 0.1) is 5.69 Å². The first-order valence-corrected chi connectivity index (χ1v) is 8.29. The van der Waals surface area contributed by atoms with Crippen molar-refractivity contribution >= 4 is 33.5 Å². The predicted molar refractivity (Wildman–Crippen MR) is 95.0 cm³/mol. The number of rotatable bonds is 6. The summed E-state index contributed by atoms with van der Waals surface area (Å²) in [5.74, 6) is -1.23. The number of carbonyl (C=O) groups excluding carboxylic acids is 2. The molecule has 2 rings (SSSR count). The van der Waals surface area contributed by atoms with Gasteiger partial charge in [-0.3, -0.25) is 4.79 Å². The number of ether oxygens (including phenoxy) is 2. The minimum absolute atomic E-state index is 0.332. The Kier molecular flexibility index (Phi) is 6.52. The van der Waals surface area contributed by atoms with E-state index in [1.165, 1.54) is 31.2 Å². The second kappa shape index (κ2) is 8.62. The Morgan fingerprint density at radius 1 is 1.20 bits per heavy atom. The Labute approximate surface area is 153 Å². The molecule has 0 spiro atoms. The van der Waals surface area contributed by atoms with Crippen LogP contribution in [0.5, 0.6) is 5.75 Å². The maximum absolute atomic E-state index is 12.8. The number of anilines is 1. The topological polar surface area (TPSA) is 64.6 Å². The number of halogens is 2. The van der Waals surface area contributed by atoms with E-state index >= 15 is 0 Å². The normalized spacial score (nSPS) is 11.5. The third kappa shape index (κ3) is 5.86. The number of hydrogen-bond donors (Lipinski definition) is 1. The third-order valence-corrected chi connectivity index (χ3v) is 3.89. The molecule has 0 bridgehead atoms. The number of amides is 1. The lowest BCUT2D eigenvalue weighted by molar-refractivity contribution is -0.155. The minimum atomic E-state index is -0.988. The highest BCUT2D eigenvalue weighted by Crippen LogP contribution is 2.23. The molecular formula is C18H17BrFNO4. The maximum Gasteiger partial charge on any atom is 0.344 e. The van der Waals surface area contributed by atoms with Crippen LogP contribution >= 0.6 is 15.9 Å². The van der Waals surface area contributed by atoms with Gasteiger partial charge in [0.1, 0.15) is 11.6 Å². The summed E-state index contributed by atoms with van der Waals surface area (Å²) in [4.78, 5) is 23.9. The first-order valence-electron chi connectivity index (χ1n) is 7.50. The summed E-state index contributed by atoms with van der Waals surface area (Å²) in [7, 11) is 0. The van der Waals surface area contributed by atoms with Crippen molar-refractivity contribution in [1.29, 1.82) is 0 Å². The summed E-state index contributed by atoms with van der Waals surface area (Å²) in [6, 6.07) is 10.7. The highest BCUT2D eigenvalue weighted by molar-refractivity contribution is 9.10. The van der Waals surface area contributed by atoms with Crippen LogP contribution in [0.2, 0.25) is 0 Å². The van der Waals surface area contributed by atoms with Crippen molar-refractivity contribution < 1.29 is 23.5 Å². The predicted octanol–water partition coefficient (Wildman–Crippen LogP) is 3.85. The van der Waals surface area contributed by atoms with Crippen LogP contribution in [-0.4, -0.2) is 24.6 Å². The van der Waals surface area contributed by atoms with E-state index in [0.717, 1.165) is 10.0 Å². The standard InChI is InChI=1S/C18H17BrFNO4/c1-11-3-8-16(15(19)9-11)21-18(23)12(2)25-17(22)10-24-14-6-4-13(20)5-7-14/h3-9,12H,10H2,1-2H3,(H,21,23)/t12-/m0/s1. The lowest BCUT2D eigenvalue weighted by Gasteiger charge is -2.15. The molecule has 5 nitrogen and oxygen atoms in total. The van der Waals surface area contributed by atoms with Gasteiger partial charge < -0.3 is 14.8 Å². The van der Waals surface area contributed by atoms with Crippen LogP contribution < -0.4 is 10.1 Å². The molecular weight excluding hydrogens is 393 g/mol. The van der Waals surface area contributed by atoms with Crippen molar-refractivity contribution in [2.75, 3.05) is 11.9 Å². The largest absolute Gasteiger partial charge is 0.482 e. The van der Waals surface area contributed by atoms with E-state index < -0.39 is 23.8 Å². The Bertz CT molecular complexity index is 764. The van der Waals surface area contributed by atoms with E-state index in [9.17, 15) is 14.0 Å². The van der Waals surface area contributed by atoms with Crippen molar-refractivity contribution in [2.45, 2.75) is 20.0 Å². The molecule has 0 aromatic heterocycles. The monoisotopic (exact) mass is 409 g/mol. The van der Waals surface area contributed by atoms with Gasteiger partial charge in [-0.1, -0.05) is 6.07 Å². The van der Waals surface area contributed by atoms with Gasteiger partial charge in [-0.15, -0.1) is 0 Å². The molecule has 0 unspecified atom stereocenters. The maximum atomic E-state index is 12.8. The van der Waals surface area contributed by atoms with Crippen LogP contribution in [0.15, 0.2) is 46.9 Å². The van der Waals surface area contributed by atoms with Gasteiger partial charge in [-0.05, 0) is 71.7 Å². The smallest absolute Gasteiger partial charge is 0.344 e. The van der Waals surface area contributed by atoms with Crippen LogP contribution in [0, 0.1) is 12.7 Å². The molecule has 0 radical (unpaired) electrons. The fraction of sp³-hybridized carbons (Fsp3) is 0.222. The highest BCUT2D eigenvalue weighted by Gasteiger charge is 2.19. The molecule has 7 heteroatoms. The third-order valence-electron chi connectivity index (χ3n) is 3.23. The number of nitrogens with one attached hydrogen (secondary N) is 1. The van der Waals surface area contributed by atoms with Crippen molar-refractivity contribution in [2.24, 2.45) is 0 Å². The number of carbonyl (C=O) groups is 2. The molecule has 1 atom stereocenters. The summed E-state index contributed by atoms with van der Waals surface area (Å²) < 4.78 is 23.7. The van der Waals surface area contributed by atoms with Crippen LogP contribution in [0.25, 0.3) is 0 Å². The summed E-state index contributed by atoms with van der Waals surface area (Å²) in [5.41, 5.74) is 1.63. The van der Waals surface area contributed by atoms with E-state index in [1.54, 1.807) is 6.07 Å². The van der Waals surface area contributed by atoms with Crippen LogP contribution in [0.1, 0.15) is 12.5 Å². The number of aryl methyl sites for hydroxylation is 1. The molecule has 0 aliphatic heterocycles. The summed E-state index contributed by atoms with van der Waals surface area (Å²) in [5, 5.41) is 2.68. The molecule has 2 aromatic carbocycles. The van der Waals surface area contributed by atoms with E-state index in [4.69, 9.17) is 9.47 Å². The van der Waals surface area contributed by atoms with Gasteiger partial charge in [-0.25, -0.2) is 9.18 Å². The Morgan fingerprint density at radius 2 is 1.88 bits per heavy atom. The fourth-order valence-electron chi connectivity index (χ4n) is 1.91. The quantitative estimate of drug-likeness (QED) is 0.735. The average molecular weight is 410 g/mol. The zero-order valence-corrected chi connectivity index (χ0v) is 15.3. The fourth-order valence-corrected chi connectivity index (χ4v) is 2.51.